The van der Waals surface area contributed by atoms with Crippen molar-refractivity contribution >= 4 is 11.4 Å². The fraction of sp³-hybridized carbons (Fsp3) is 0.118. The molecule has 0 amide bonds. The van der Waals surface area contributed by atoms with Gasteiger partial charge in [0.05, 0.1) is 18.3 Å². The normalized spacial score (nSPS) is 13.6. The van der Waals surface area contributed by atoms with E-state index < -0.39 is 0 Å². The molecule has 0 saturated carbocycles. The average molecular weight is 261 g/mol. The zero-order chi connectivity index (χ0) is 13.9. The van der Waals surface area contributed by atoms with Crippen LogP contribution in [0, 0.1) is 18.3 Å². The molecule has 1 aliphatic heterocycles. The lowest BCUT2D eigenvalue weighted by Gasteiger charge is -2.21. The van der Waals surface area contributed by atoms with Crippen LogP contribution in [-0.2, 0) is 0 Å². The number of nitrogens with zero attached hydrogens (tertiary/aromatic N) is 3. The van der Waals surface area contributed by atoms with Gasteiger partial charge in [0.1, 0.15) is 0 Å². The Hall–Kier alpha value is -2.73. The molecule has 0 radical (unpaired) electrons. The van der Waals surface area contributed by atoms with E-state index in [0.29, 0.717) is 5.56 Å². The van der Waals surface area contributed by atoms with Crippen molar-refractivity contribution in [1.82, 2.24) is 0 Å². The molecule has 20 heavy (non-hydrogen) atoms. The van der Waals surface area contributed by atoms with Crippen LogP contribution < -0.4 is 9.80 Å². The number of aryl methyl sites for hydroxylation is 1. The molecule has 98 valence electrons. The van der Waals surface area contributed by atoms with Crippen molar-refractivity contribution in [3.05, 3.63) is 72.1 Å². The van der Waals surface area contributed by atoms with E-state index in [2.05, 4.69) is 59.5 Å². The second kappa shape index (κ2) is 5.10. The largest absolute Gasteiger partial charge is 0.328 e. The molecule has 3 rings (SSSR count). The van der Waals surface area contributed by atoms with Crippen LogP contribution in [0.3, 0.4) is 0 Å². The predicted octanol–water partition coefficient (Wildman–Crippen LogP) is 3.62. The molecule has 2 aromatic carbocycles. The molecule has 0 atom stereocenters. The fourth-order valence-corrected chi connectivity index (χ4v) is 2.22. The Kier molecular flexibility index (Phi) is 3.14. The zero-order valence-corrected chi connectivity index (χ0v) is 11.3. The topological polar surface area (TPSA) is 30.3 Å². The molecule has 3 nitrogen and oxygen atoms in total. The summed E-state index contributed by atoms with van der Waals surface area (Å²) in [5.41, 5.74) is 4.23. The summed E-state index contributed by atoms with van der Waals surface area (Å²) in [6.07, 6.45) is 4.13. The molecular weight excluding hydrogens is 246 g/mol. The quantitative estimate of drug-likeness (QED) is 0.827. The van der Waals surface area contributed by atoms with Crippen LogP contribution in [0.2, 0.25) is 0 Å². The van der Waals surface area contributed by atoms with Crippen molar-refractivity contribution in [3.8, 4) is 6.07 Å². The lowest BCUT2D eigenvalue weighted by Crippen LogP contribution is -2.24. The van der Waals surface area contributed by atoms with E-state index in [0.717, 1.165) is 12.4 Å². The first-order chi connectivity index (χ1) is 9.76. The Bertz CT molecular complexity index is 663. The first-order valence-corrected chi connectivity index (χ1v) is 6.55. The van der Waals surface area contributed by atoms with Gasteiger partial charge < -0.3 is 9.80 Å². The van der Waals surface area contributed by atoms with Crippen molar-refractivity contribution in [2.45, 2.75) is 6.92 Å². The molecule has 0 aromatic heterocycles. The number of anilines is 2. The Morgan fingerprint density at radius 1 is 0.850 bits per heavy atom. The lowest BCUT2D eigenvalue weighted by atomic mass is 10.2. The van der Waals surface area contributed by atoms with Crippen LogP contribution in [0.25, 0.3) is 0 Å². The van der Waals surface area contributed by atoms with E-state index in [1.807, 2.05) is 24.3 Å². The molecule has 1 aliphatic rings. The third kappa shape index (κ3) is 2.36. The Morgan fingerprint density at radius 3 is 1.85 bits per heavy atom. The average Bonchev–Trinajstić information content (AvgIpc) is 2.98. The number of rotatable bonds is 2. The van der Waals surface area contributed by atoms with Gasteiger partial charge in [-0.2, -0.15) is 5.26 Å². The van der Waals surface area contributed by atoms with Crippen molar-refractivity contribution in [3.63, 3.8) is 0 Å². The van der Waals surface area contributed by atoms with Gasteiger partial charge in [0, 0.05) is 23.8 Å². The summed E-state index contributed by atoms with van der Waals surface area (Å²) in [5, 5.41) is 8.82. The van der Waals surface area contributed by atoms with Crippen LogP contribution in [-0.4, -0.2) is 6.67 Å². The highest BCUT2D eigenvalue weighted by atomic mass is 15.3. The lowest BCUT2D eigenvalue weighted by molar-refractivity contribution is 0.975. The molecule has 3 heteroatoms. The third-order valence-corrected chi connectivity index (χ3v) is 3.42. The van der Waals surface area contributed by atoms with E-state index in [-0.39, 0.29) is 0 Å². The Morgan fingerprint density at radius 2 is 1.35 bits per heavy atom. The molecule has 0 N–H and O–H groups in total. The monoisotopic (exact) mass is 261 g/mol. The highest BCUT2D eigenvalue weighted by Crippen LogP contribution is 2.24. The van der Waals surface area contributed by atoms with Gasteiger partial charge in [0.25, 0.3) is 0 Å². The highest BCUT2D eigenvalue weighted by molar-refractivity contribution is 5.59. The SMILES string of the molecule is Cc1ccc(N2C=CN(c3ccc(C#N)cc3)C2)cc1. The zero-order valence-electron chi connectivity index (χ0n) is 11.3. The predicted molar refractivity (Wildman–Crippen MR) is 81.3 cm³/mol. The van der Waals surface area contributed by atoms with Gasteiger partial charge in [0.2, 0.25) is 0 Å². The first-order valence-electron chi connectivity index (χ1n) is 6.55. The molecule has 1 heterocycles. The minimum absolute atomic E-state index is 0.687. The van der Waals surface area contributed by atoms with Gasteiger partial charge in [-0.3, -0.25) is 0 Å². The van der Waals surface area contributed by atoms with Crippen molar-refractivity contribution < 1.29 is 0 Å². The third-order valence-electron chi connectivity index (χ3n) is 3.42. The van der Waals surface area contributed by atoms with Gasteiger partial charge in [-0.05, 0) is 43.3 Å². The minimum Gasteiger partial charge on any atom is -0.328 e. The molecule has 0 aliphatic carbocycles. The number of hydrogen-bond acceptors (Lipinski definition) is 3. The van der Waals surface area contributed by atoms with E-state index in [1.165, 1.54) is 11.3 Å². The number of benzene rings is 2. The summed E-state index contributed by atoms with van der Waals surface area (Å²) in [5.74, 6) is 0. The van der Waals surface area contributed by atoms with Crippen LogP contribution in [0.1, 0.15) is 11.1 Å². The Balaban J connectivity index is 1.75. The summed E-state index contributed by atoms with van der Waals surface area (Å²) in [6, 6.07) is 18.3. The van der Waals surface area contributed by atoms with Crippen molar-refractivity contribution in [1.29, 1.82) is 5.26 Å². The maximum absolute atomic E-state index is 8.82. The summed E-state index contributed by atoms with van der Waals surface area (Å²) in [4.78, 5) is 4.35. The van der Waals surface area contributed by atoms with E-state index in [1.54, 1.807) is 0 Å². The second-order valence-electron chi connectivity index (χ2n) is 4.87. The van der Waals surface area contributed by atoms with Crippen LogP contribution in [0.4, 0.5) is 11.4 Å². The standard InChI is InChI=1S/C17H15N3/c1-14-2-6-16(7-3-14)19-10-11-20(13-19)17-8-4-15(12-18)5-9-17/h2-11H,13H2,1H3. The molecule has 0 unspecified atom stereocenters. The molecule has 0 fully saturated rings. The maximum atomic E-state index is 8.82. The smallest absolute Gasteiger partial charge is 0.0991 e. The molecule has 0 saturated heterocycles. The van der Waals surface area contributed by atoms with E-state index >= 15 is 0 Å². The number of hydrogen-bond donors (Lipinski definition) is 0. The highest BCUT2D eigenvalue weighted by Gasteiger charge is 2.14. The van der Waals surface area contributed by atoms with Gasteiger partial charge in [0.15, 0.2) is 0 Å². The molecule has 0 bridgehead atoms. The summed E-state index contributed by atoms with van der Waals surface area (Å²) in [6.45, 7) is 2.88. The van der Waals surface area contributed by atoms with Gasteiger partial charge in [-0.25, -0.2) is 0 Å². The fourth-order valence-electron chi connectivity index (χ4n) is 2.22. The van der Waals surface area contributed by atoms with Crippen LogP contribution >= 0.6 is 0 Å². The van der Waals surface area contributed by atoms with Gasteiger partial charge in [-0.15, -0.1) is 0 Å². The number of nitriles is 1. The van der Waals surface area contributed by atoms with E-state index in [4.69, 9.17) is 5.26 Å². The Labute approximate surface area is 119 Å². The van der Waals surface area contributed by atoms with Gasteiger partial charge >= 0.3 is 0 Å². The van der Waals surface area contributed by atoms with Crippen molar-refractivity contribution in [2.24, 2.45) is 0 Å². The summed E-state index contributed by atoms with van der Waals surface area (Å²) >= 11 is 0. The second-order valence-corrected chi connectivity index (χ2v) is 4.87. The van der Waals surface area contributed by atoms with Crippen molar-refractivity contribution in [2.75, 3.05) is 16.5 Å². The molecule has 0 spiro atoms. The maximum Gasteiger partial charge on any atom is 0.0991 e. The summed E-state index contributed by atoms with van der Waals surface area (Å²) in [7, 11) is 0. The van der Waals surface area contributed by atoms with Crippen LogP contribution in [0.5, 0.6) is 0 Å². The minimum atomic E-state index is 0.687. The summed E-state index contributed by atoms with van der Waals surface area (Å²) < 4.78 is 0. The first kappa shape index (κ1) is 12.3. The van der Waals surface area contributed by atoms with Gasteiger partial charge in [-0.1, -0.05) is 17.7 Å². The van der Waals surface area contributed by atoms with Crippen LogP contribution in [0.15, 0.2) is 60.9 Å². The molecule has 2 aromatic rings. The molecular formula is C17H15N3. The van der Waals surface area contributed by atoms with E-state index in [9.17, 15) is 0 Å².